The summed E-state index contributed by atoms with van der Waals surface area (Å²) in [4.78, 5) is 43.5. The number of carbonyl (C=O) groups excluding carboxylic acids is 3. The summed E-state index contributed by atoms with van der Waals surface area (Å²) in [6.45, 7) is 2.24. The summed E-state index contributed by atoms with van der Waals surface area (Å²) < 4.78 is 40.1. The number of halogens is 3. The number of carbonyl (C=O) groups is 3. The van der Waals surface area contributed by atoms with Gasteiger partial charge in [0.1, 0.15) is 0 Å². The Hall–Kier alpha value is -4.98. The molecule has 0 saturated heterocycles. The second-order valence-electron chi connectivity index (χ2n) is 9.43. The van der Waals surface area contributed by atoms with Gasteiger partial charge in [-0.15, -0.1) is 0 Å². The number of hydrogen-bond acceptors (Lipinski definition) is 3. The van der Waals surface area contributed by atoms with Gasteiger partial charge in [-0.2, -0.15) is 13.2 Å². The van der Waals surface area contributed by atoms with Crippen molar-refractivity contribution < 1.29 is 27.6 Å². The summed E-state index contributed by atoms with van der Waals surface area (Å²) in [5.41, 5.74) is 0.154. The van der Waals surface area contributed by atoms with E-state index in [0.717, 1.165) is 39.6 Å². The van der Waals surface area contributed by atoms with E-state index in [-0.39, 0.29) is 22.7 Å². The predicted molar refractivity (Wildman–Crippen MR) is 148 cm³/mol. The molecule has 0 radical (unpaired) electrons. The standard InChI is InChI=1S/C32H21F3N2O3/c1-2-36(27-15-5-9-19-8-3-4-12-22(19)27)29(38)24-16-17-26-28-23(24)13-7-14-25(28)30(39)37(31(26)40)21-11-6-10-20(18-21)32(33,34)35/h3-18H,2H2,1H3. The zero-order valence-electron chi connectivity index (χ0n) is 21.2. The first-order valence-corrected chi connectivity index (χ1v) is 12.6. The van der Waals surface area contributed by atoms with Crippen molar-refractivity contribution in [1.29, 1.82) is 0 Å². The number of nitrogens with zero attached hydrogens (tertiary/aromatic N) is 2. The fourth-order valence-corrected chi connectivity index (χ4v) is 5.35. The molecule has 0 atom stereocenters. The lowest BCUT2D eigenvalue weighted by Gasteiger charge is -2.29. The molecule has 0 aliphatic carbocycles. The van der Waals surface area contributed by atoms with Crippen molar-refractivity contribution in [1.82, 2.24) is 0 Å². The van der Waals surface area contributed by atoms with Crippen molar-refractivity contribution in [2.75, 3.05) is 16.3 Å². The van der Waals surface area contributed by atoms with Crippen molar-refractivity contribution in [3.8, 4) is 0 Å². The largest absolute Gasteiger partial charge is 0.416 e. The number of fused-ring (bicyclic) bond motifs is 1. The van der Waals surface area contributed by atoms with E-state index in [2.05, 4.69) is 0 Å². The number of imide groups is 1. The van der Waals surface area contributed by atoms with E-state index in [1.165, 1.54) is 24.3 Å². The summed E-state index contributed by atoms with van der Waals surface area (Å²) >= 11 is 0. The third-order valence-electron chi connectivity index (χ3n) is 7.19. The Morgan fingerprint density at radius 3 is 2.17 bits per heavy atom. The second-order valence-corrected chi connectivity index (χ2v) is 9.43. The van der Waals surface area contributed by atoms with Crippen LogP contribution in [0.4, 0.5) is 24.5 Å². The summed E-state index contributed by atoms with van der Waals surface area (Å²) in [6, 6.07) is 25.3. The molecule has 1 aliphatic rings. The van der Waals surface area contributed by atoms with Crippen LogP contribution >= 0.6 is 0 Å². The average molecular weight is 539 g/mol. The van der Waals surface area contributed by atoms with E-state index in [1.807, 2.05) is 49.4 Å². The molecule has 5 aromatic rings. The molecule has 0 unspecified atom stereocenters. The molecule has 1 aliphatic heterocycles. The van der Waals surface area contributed by atoms with Crippen LogP contribution in [0.15, 0.2) is 97.1 Å². The number of hydrogen-bond donors (Lipinski definition) is 0. The molecular weight excluding hydrogens is 517 g/mol. The lowest BCUT2D eigenvalue weighted by Crippen LogP contribution is -2.40. The van der Waals surface area contributed by atoms with Gasteiger partial charge in [0.15, 0.2) is 0 Å². The van der Waals surface area contributed by atoms with Gasteiger partial charge in [-0.25, -0.2) is 4.90 Å². The van der Waals surface area contributed by atoms with Gasteiger partial charge in [-0.05, 0) is 60.2 Å². The normalized spacial score (nSPS) is 13.2. The summed E-state index contributed by atoms with van der Waals surface area (Å²) in [5.74, 6) is -1.82. The molecule has 0 bridgehead atoms. The fraction of sp³-hybridized carbons (Fsp3) is 0.0938. The van der Waals surface area contributed by atoms with Crippen molar-refractivity contribution in [2.24, 2.45) is 0 Å². The van der Waals surface area contributed by atoms with Gasteiger partial charge in [-0.3, -0.25) is 14.4 Å². The van der Waals surface area contributed by atoms with Crippen LogP contribution < -0.4 is 9.80 Å². The first-order chi connectivity index (χ1) is 19.2. The van der Waals surface area contributed by atoms with Crippen molar-refractivity contribution in [2.45, 2.75) is 13.1 Å². The van der Waals surface area contributed by atoms with Crippen molar-refractivity contribution in [3.63, 3.8) is 0 Å². The molecular formula is C32H21F3N2O3. The van der Waals surface area contributed by atoms with E-state index in [1.54, 1.807) is 17.0 Å². The number of anilines is 2. The number of rotatable bonds is 4. The van der Waals surface area contributed by atoms with E-state index in [0.29, 0.717) is 22.9 Å². The van der Waals surface area contributed by atoms with Crippen LogP contribution in [0.1, 0.15) is 43.6 Å². The Morgan fingerprint density at radius 1 is 0.775 bits per heavy atom. The predicted octanol–water partition coefficient (Wildman–Crippen LogP) is 7.48. The van der Waals surface area contributed by atoms with E-state index in [9.17, 15) is 27.6 Å². The minimum Gasteiger partial charge on any atom is -0.308 e. The first kappa shape index (κ1) is 25.3. The van der Waals surface area contributed by atoms with Gasteiger partial charge in [0.2, 0.25) is 0 Å². The van der Waals surface area contributed by atoms with Gasteiger partial charge < -0.3 is 4.90 Å². The maximum absolute atomic E-state index is 14.0. The molecule has 0 spiro atoms. The number of alkyl halides is 3. The first-order valence-electron chi connectivity index (χ1n) is 12.6. The van der Waals surface area contributed by atoms with E-state index < -0.39 is 23.6 Å². The highest BCUT2D eigenvalue weighted by molar-refractivity contribution is 6.37. The molecule has 40 heavy (non-hydrogen) atoms. The molecule has 1 heterocycles. The van der Waals surface area contributed by atoms with Gasteiger partial charge >= 0.3 is 6.18 Å². The quantitative estimate of drug-likeness (QED) is 0.223. The third-order valence-corrected chi connectivity index (χ3v) is 7.19. The smallest absolute Gasteiger partial charge is 0.308 e. The molecule has 5 nitrogen and oxygen atoms in total. The molecule has 5 aromatic carbocycles. The molecule has 0 aromatic heterocycles. The third kappa shape index (κ3) is 3.91. The molecule has 0 N–H and O–H groups in total. The highest BCUT2D eigenvalue weighted by Crippen LogP contribution is 2.38. The Balaban J connectivity index is 1.47. The SMILES string of the molecule is CCN(C(=O)c1ccc2c3c(cccc13)C(=O)N(c1cccc(C(F)(F)F)c1)C2=O)c1cccc2ccccc12. The van der Waals surface area contributed by atoms with Crippen LogP contribution in [0.25, 0.3) is 21.5 Å². The van der Waals surface area contributed by atoms with Crippen LogP contribution in [0.3, 0.4) is 0 Å². The van der Waals surface area contributed by atoms with E-state index in [4.69, 9.17) is 0 Å². The van der Waals surface area contributed by atoms with Crippen LogP contribution in [0.5, 0.6) is 0 Å². The lowest BCUT2D eigenvalue weighted by atomic mass is 9.90. The second kappa shape index (κ2) is 9.34. The molecule has 6 rings (SSSR count). The monoisotopic (exact) mass is 538 g/mol. The fourth-order valence-electron chi connectivity index (χ4n) is 5.35. The maximum Gasteiger partial charge on any atom is 0.416 e. The summed E-state index contributed by atoms with van der Waals surface area (Å²) in [7, 11) is 0. The zero-order chi connectivity index (χ0) is 28.2. The van der Waals surface area contributed by atoms with Crippen LogP contribution in [-0.2, 0) is 6.18 Å². The van der Waals surface area contributed by atoms with Gasteiger partial charge in [0, 0.05) is 34.0 Å². The number of amides is 3. The zero-order valence-corrected chi connectivity index (χ0v) is 21.2. The minimum absolute atomic E-state index is 0.132. The minimum atomic E-state index is -4.64. The van der Waals surface area contributed by atoms with Gasteiger partial charge in [0.25, 0.3) is 17.7 Å². The van der Waals surface area contributed by atoms with Gasteiger partial charge in [0.05, 0.1) is 16.9 Å². The summed E-state index contributed by atoms with van der Waals surface area (Å²) in [6.07, 6.45) is -4.64. The maximum atomic E-state index is 14.0. The topological polar surface area (TPSA) is 57.7 Å². The molecule has 0 fully saturated rings. The highest BCUT2D eigenvalue weighted by Gasteiger charge is 2.37. The molecule has 198 valence electrons. The van der Waals surface area contributed by atoms with Crippen LogP contribution in [0.2, 0.25) is 0 Å². The van der Waals surface area contributed by atoms with Gasteiger partial charge in [-0.1, -0.05) is 54.6 Å². The van der Waals surface area contributed by atoms with E-state index >= 15 is 0 Å². The summed E-state index contributed by atoms with van der Waals surface area (Å²) in [5, 5.41) is 2.61. The molecule has 3 amide bonds. The van der Waals surface area contributed by atoms with Crippen LogP contribution in [-0.4, -0.2) is 24.3 Å². The van der Waals surface area contributed by atoms with Crippen LogP contribution in [0, 0.1) is 0 Å². The Labute approximate surface area is 227 Å². The number of benzene rings is 5. The van der Waals surface area contributed by atoms with Crippen molar-refractivity contribution >= 4 is 50.6 Å². The Morgan fingerprint density at radius 2 is 1.43 bits per heavy atom. The lowest BCUT2D eigenvalue weighted by molar-refractivity contribution is -0.137. The average Bonchev–Trinajstić information content (AvgIpc) is 2.96. The Bertz CT molecular complexity index is 1830. The Kier molecular flexibility index (Phi) is 5.91. The highest BCUT2D eigenvalue weighted by atomic mass is 19.4. The molecule has 8 heteroatoms. The molecule has 0 saturated carbocycles. The van der Waals surface area contributed by atoms with Crippen molar-refractivity contribution in [3.05, 3.63) is 119 Å².